The lowest BCUT2D eigenvalue weighted by atomic mass is 10.1. The van der Waals surface area contributed by atoms with Crippen LogP contribution in [0.15, 0.2) is 35.2 Å². The number of thiophene rings is 1. The molecule has 0 N–H and O–H groups in total. The molecule has 5 nitrogen and oxygen atoms in total. The van der Waals surface area contributed by atoms with Gasteiger partial charge in [-0.15, -0.1) is 11.3 Å². The van der Waals surface area contributed by atoms with Gasteiger partial charge < -0.3 is 9.47 Å². The van der Waals surface area contributed by atoms with E-state index < -0.39 is 10.0 Å². The largest absolute Gasteiger partial charge is 0.493 e. The first-order valence-electron chi connectivity index (χ1n) is 8.77. The van der Waals surface area contributed by atoms with Crippen LogP contribution < -0.4 is 9.47 Å². The summed E-state index contributed by atoms with van der Waals surface area (Å²) in [5.41, 5.74) is 0. The maximum absolute atomic E-state index is 13.4. The first-order chi connectivity index (χ1) is 12.5. The highest BCUT2D eigenvalue weighted by Crippen LogP contribution is 2.39. The predicted octanol–water partition coefficient (Wildman–Crippen LogP) is 4.38. The summed E-state index contributed by atoms with van der Waals surface area (Å²) in [4.78, 5) is 2.57. The third-order valence-electron chi connectivity index (χ3n) is 4.75. The van der Waals surface area contributed by atoms with Gasteiger partial charge in [0.05, 0.1) is 25.2 Å². The van der Waals surface area contributed by atoms with Crippen molar-refractivity contribution in [3.8, 4) is 11.5 Å². The summed E-state index contributed by atoms with van der Waals surface area (Å²) in [5.74, 6) is 0.944. The SMILES string of the molecule is COc1ccc(S(=O)(=O)N2CCCCCC2c2ccc(C)s2)cc1OC. The second-order valence-corrected chi connectivity index (χ2v) is 9.66. The minimum atomic E-state index is -3.63. The van der Waals surface area contributed by atoms with Gasteiger partial charge in [-0.3, -0.25) is 0 Å². The molecule has 26 heavy (non-hydrogen) atoms. The van der Waals surface area contributed by atoms with Crippen molar-refractivity contribution in [2.24, 2.45) is 0 Å². The summed E-state index contributed by atoms with van der Waals surface area (Å²) in [5, 5.41) is 0. The molecule has 1 fully saturated rings. The van der Waals surface area contributed by atoms with Crippen molar-refractivity contribution in [2.75, 3.05) is 20.8 Å². The number of aryl methyl sites for hydroxylation is 1. The summed E-state index contributed by atoms with van der Waals surface area (Å²) < 4.78 is 39.1. The summed E-state index contributed by atoms with van der Waals surface area (Å²) in [6.45, 7) is 2.59. The van der Waals surface area contributed by atoms with E-state index in [1.165, 1.54) is 19.1 Å². The van der Waals surface area contributed by atoms with Crippen molar-refractivity contribution < 1.29 is 17.9 Å². The number of nitrogens with zero attached hydrogens (tertiary/aromatic N) is 1. The molecule has 0 radical (unpaired) electrons. The average molecular weight is 396 g/mol. The summed E-state index contributed by atoms with van der Waals surface area (Å²) >= 11 is 1.68. The van der Waals surface area contributed by atoms with Crippen molar-refractivity contribution in [1.82, 2.24) is 4.31 Å². The molecule has 0 saturated carbocycles. The second kappa shape index (κ2) is 7.98. The highest BCUT2D eigenvalue weighted by atomic mass is 32.2. The Kier molecular flexibility index (Phi) is 5.89. The van der Waals surface area contributed by atoms with E-state index in [2.05, 4.69) is 19.1 Å². The van der Waals surface area contributed by atoms with E-state index in [0.717, 1.165) is 30.6 Å². The minimum Gasteiger partial charge on any atom is -0.493 e. The maximum Gasteiger partial charge on any atom is 0.243 e. The van der Waals surface area contributed by atoms with E-state index in [9.17, 15) is 8.42 Å². The number of methoxy groups -OCH3 is 2. The van der Waals surface area contributed by atoms with E-state index in [1.54, 1.807) is 33.8 Å². The third kappa shape index (κ3) is 3.75. The quantitative estimate of drug-likeness (QED) is 0.754. The van der Waals surface area contributed by atoms with Crippen LogP contribution in [0.5, 0.6) is 11.5 Å². The molecule has 0 aliphatic carbocycles. The van der Waals surface area contributed by atoms with E-state index in [1.807, 2.05) is 0 Å². The molecule has 2 heterocycles. The van der Waals surface area contributed by atoms with Crippen molar-refractivity contribution in [1.29, 1.82) is 0 Å². The highest BCUT2D eigenvalue weighted by molar-refractivity contribution is 7.89. The van der Waals surface area contributed by atoms with Gasteiger partial charge in [0.1, 0.15) is 0 Å². The van der Waals surface area contributed by atoms with Crippen LogP contribution in [0.1, 0.15) is 41.5 Å². The van der Waals surface area contributed by atoms with Crippen LogP contribution in [0.4, 0.5) is 0 Å². The Hall–Kier alpha value is -1.57. The molecule has 1 atom stereocenters. The lowest BCUT2D eigenvalue weighted by Crippen LogP contribution is -2.34. The molecule has 0 amide bonds. The minimum absolute atomic E-state index is 0.103. The van der Waals surface area contributed by atoms with Crippen molar-refractivity contribution in [3.05, 3.63) is 40.1 Å². The van der Waals surface area contributed by atoms with Crippen molar-refractivity contribution >= 4 is 21.4 Å². The Morgan fingerprint density at radius 2 is 1.81 bits per heavy atom. The molecule has 1 saturated heterocycles. The molecule has 142 valence electrons. The zero-order chi connectivity index (χ0) is 18.7. The fourth-order valence-corrected chi connectivity index (χ4v) is 6.18. The average Bonchev–Trinajstić information content (AvgIpc) is 2.92. The Morgan fingerprint density at radius 3 is 2.46 bits per heavy atom. The highest BCUT2D eigenvalue weighted by Gasteiger charge is 2.34. The number of sulfonamides is 1. The fourth-order valence-electron chi connectivity index (χ4n) is 3.40. The molecular formula is C19H25NO4S2. The molecule has 3 rings (SSSR count). The van der Waals surface area contributed by atoms with E-state index >= 15 is 0 Å². The summed E-state index contributed by atoms with van der Waals surface area (Å²) in [6, 6.07) is 8.82. The molecule has 1 aliphatic rings. The molecule has 1 aliphatic heterocycles. The third-order valence-corrected chi connectivity index (χ3v) is 7.76. The predicted molar refractivity (Wildman–Crippen MR) is 104 cm³/mol. The van der Waals surface area contributed by atoms with Gasteiger partial charge in [-0.1, -0.05) is 12.8 Å². The van der Waals surface area contributed by atoms with Gasteiger partial charge in [0.25, 0.3) is 0 Å². The lowest BCUT2D eigenvalue weighted by Gasteiger charge is -2.28. The molecule has 7 heteroatoms. The zero-order valence-corrected chi connectivity index (χ0v) is 17.0. The van der Waals surface area contributed by atoms with Crippen LogP contribution >= 0.6 is 11.3 Å². The van der Waals surface area contributed by atoms with Gasteiger partial charge in [0.15, 0.2) is 11.5 Å². The van der Waals surface area contributed by atoms with E-state index in [0.29, 0.717) is 18.0 Å². The molecular weight excluding hydrogens is 370 g/mol. The monoisotopic (exact) mass is 395 g/mol. The fraction of sp³-hybridized carbons (Fsp3) is 0.474. The molecule has 2 aromatic rings. The Morgan fingerprint density at radius 1 is 1.04 bits per heavy atom. The Balaban J connectivity index is 2.02. The topological polar surface area (TPSA) is 55.8 Å². The molecule has 1 aromatic heterocycles. The van der Waals surface area contributed by atoms with Crippen LogP contribution in [0, 0.1) is 6.92 Å². The molecule has 1 aromatic carbocycles. The number of benzene rings is 1. The first kappa shape index (κ1) is 19.2. The zero-order valence-electron chi connectivity index (χ0n) is 15.4. The van der Waals surface area contributed by atoms with Gasteiger partial charge in [-0.2, -0.15) is 4.31 Å². The lowest BCUT2D eigenvalue weighted by molar-refractivity contribution is 0.331. The van der Waals surface area contributed by atoms with Crippen molar-refractivity contribution in [3.63, 3.8) is 0 Å². The van der Waals surface area contributed by atoms with Crippen molar-refractivity contribution in [2.45, 2.75) is 43.5 Å². The summed E-state index contributed by atoms with van der Waals surface area (Å²) in [7, 11) is -0.578. The number of hydrogen-bond donors (Lipinski definition) is 0. The summed E-state index contributed by atoms with van der Waals surface area (Å²) in [6.07, 6.45) is 3.83. The number of rotatable bonds is 5. The van der Waals surface area contributed by atoms with Gasteiger partial charge >= 0.3 is 0 Å². The molecule has 1 unspecified atom stereocenters. The maximum atomic E-state index is 13.4. The number of hydrogen-bond acceptors (Lipinski definition) is 5. The van der Waals surface area contributed by atoms with Gasteiger partial charge in [-0.25, -0.2) is 8.42 Å². The van der Waals surface area contributed by atoms with Crippen LogP contribution in [-0.2, 0) is 10.0 Å². The number of ether oxygens (including phenoxy) is 2. The van der Waals surface area contributed by atoms with E-state index in [-0.39, 0.29) is 10.9 Å². The Bertz CT molecular complexity index is 860. The smallest absolute Gasteiger partial charge is 0.243 e. The van der Waals surface area contributed by atoms with Gasteiger partial charge in [0, 0.05) is 22.4 Å². The normalized spacial score (nSPS) is 19.1. The standard InChI is InChI=1S/C19H25NO4S2/c1-14-8-11-19(25-14)16-7-5-4-6-12-20(16)26(21,22)15-9-10-17(23-2)18(13-15)24-3/h8-11,13,16H,4-7,12H2,1-3H3. The van der Waals surface area contributed by atoms with Crippen LogP contribution in [-0.4, -0.2) is 33.5 Å². The Labute approximate surface area is 159 Å². The molecule has 0 spiro atoms. The molecule has 0 bridgehead atoms. The van der Waals surface area contributed by atoms with Crippen LogP contribution in [0.2, 0.25) is 0 Å². The van der Waals surface area contributed by atoms with Gasteiger partial charge in [-0.05, 0) is 44.0 Å². The van der Waals surface area contributed by atoms with Gasteiger partial charge in [0.2, 0.25) is 10.0 Å². The van der Waals surface area contributed by atoms with Crippen LogP contribution in [0.25, 0.3) is 0 Å². The van der Waals surface area contributed by atoms with E-state index in [4.69, 9.17) is 9.47 Å². The first-order valence-corrected chi connectivity index (χ1v) is 11.0. The second-order valence-electron chi connectivity index (χ2n) is 6.45. The van der Waals surface area contributed by atoms with Crippen LogP contribution in [0.3, 0.4) is 0 Å².